The van der Waals surface area contributed by atoms with E-state index in [1.165, 1.54) is 40.3 Å². The number of aryl methyl sites for hydroxylation is 1. The maximum Gasteiger partial charge on any atom is 0.331 e. The number of esters is 1. The number of anilines is 1. The van der Waals surface area contributed by atoms with Crippen LogP contribution in [0.5, 0.6) is 0 Å². The summed E-state index contributed by atoms with van der Waals surface area (Å²) >= 11 is 6.25. The molecule has 0 bridgehead atoms. The van der Waals surface area contributed by atoms with E-state index in [0.29, 0.717) is 16.9 Å². The summed E-state index contributed by atoms with van der Waals surface area (Å²) in [6.07, 6.45) is 2.09. The highest BCUT2D eigenvalue weighted by Crippen LogP contribution is 2.27. The van der Waals surface area contributed by atoms with Crippen molar-refractivity contribution in [3.8, 4) is 5.69 Å². The first kappa shape index (κ1) is 24.8. The van der Waals surface area contributed by atoms with Crippen LogP contribution in [0.2, 0.25) is 5.15 Å². The highest BCUT2D eigenvalue weighted by molar-refractivity contribution is 6.31. The van der Waals surface area contributed by atoms with Crippen molar-refractivity contribution in [3.63, 3.8) is 0 Å². The predicted molar refractivity (Wildman–Crippen MR) is 108 cm³/mol. The average Bonchev–Trinajstić information content (AvgIpc) is 3.10. The van der Waals surface area contributed by atoms with Crippen LogP contribution in [-0.4, -0.2) is 28.3 Å². The van der Waals surface area contributed by atoms with Crippen molar-refractivity contribution >= 4 is 35.2 Å². The second kappa shape index (κ2) is 10.00. The van der Waals surface area contributed by atoms with Crippen molar-refractivity contribution < 1.29 is 40.7 Å². The van der Waals surface area contributed by atoms with Gasteiger partial charge in [-0.15, -0.1) is 0 Å². The average molecular weight is 504 g/mol. The first-order valence-corrected chi connectivity index (χ1v) is 9.56. The molecule has 1 amide bonds. The molecule has 0 saturated carbocycles. The lowest BCUT2D eigenvalue weighted by molar-refractivity contribution is -0.142. The van der Waals surface area contributed by atoms with Gasteiger partial charge >= 0.3 is 5.97 Å². The summed E-state index contributed by atoms with van der Waals surface area (Å²) in [5, 5.41) is 5.72. The SMILES string of the molecule is Cc1nn(-c2ccc(F)cc2)c(Cl)c1/C=C/C(=O)OCC(=O)Nc1c(F)c(F)c(F)c(F)c1F. The minimum absolute atomic E-state index is 0.0808. The van der Waals surface area contributed by atoms with E-state index in [9.17, 15) is 35.9 Å². The molecule has 0 fully saturated rings. The Morgan fingerprint density at radius 1 is 1.00 bits per heavy atom. The van der Waals surface area contributed by atoms with Gasteiger partial charge in [-0.05, 0) is 37.3 Å². The van der Waals surface area contributed by atoms with Crippen LogP contribution in [0.15, 0.2) is 30.3 Å². The third-order valence-electron chi connectivity index (χ3n) is 4.33. The number of amides is 1. The first-order chi connectivity index (χ1) is 16.0. The van der Waals surface area contributed by atoms with Crippen LogP contribution in [-0.2, 0) is 14.3 Å². The fraction of sp³-hybridized carbons (Fsp3) is 0.0952. The molecule has 3 aromatic rings. The molecule has 2 aromatic carbocycles. The van der Waals surface area contributed by atoms with E-state index in [4.69, 9.17) is 11.6 Å². The number of aromatic nitrogens is 2. The molecular weight excluding hydrogens is 492 g/mol. The van der Waals surface area contributed by atoms with Crippen LogP contribution >= 0.6 is 11.6 Å². The summed E-state index contributed by atoms with van der Waals surface area (Å²) in [5.41, 5.74) is -0.443. The lowest BCUT2D eigenvalue weighted by Crippen LogP contribution is -2.22. The standard InChI is InChI=1S/C21H12ClF6N3O3/c1-9-12(21(22)31(30-9)11-4-2-10(23)3-5-11)6-7-14(33)34-8-13(32)29-20-18(27)16(25)15(24)17(26)19(20)28/h2-7H,8H2,1H3,(H,29,32)/b7-6+. The number of carbonyl (C=O) groups is 2. The summed E-state index contributed by atoms with van der Waals surface area (Å²) in [6, 6.07) is 5.26. The van der Waals surface area contributed by atoms with Gasteiger partial charge in [0, 0.05) is 11.6 Å². The van der Waals surface area contributed by atoms with Crippen molar-refractivity contribution in [1.82, 2.24) is 9.78 Å². The first-order valence-electron chi connectivity index (χ1n) is 9.18. The largest absolute Gasteiger partial charge is 0.452 e. The number of benzene rings is 2. The van der Waals surface area contributed by atoms with Gasteiger partial charge in [-0.1, -0.05) is 11.6 Å². The van der Waals surface area contributed by atoms with Crippen LogP contribution < -0.4 is 5.32 Å². The summed E-state index contributed by atoms with van der Waals surface area (Å²) < 4.78 is 85.6. The minimum atomic E-state index is -2.39. The van der Waals surface area contributed by atoms with Crippen LogP contribution in [0.3, 0.4) is 0 Å². The predicted octanol–water partition coefficient (Wildman–Crippen LogP) is 4.86. The molecule has 0 unspecified atom stereocenters. The topological polar surface area (TPSA) is 73.2 Å². The van der Waals surface area contributed by atoms with Crippen molar-refractivity contribution in [1.29, 1.82) is 0 Å². The van der Waals surface area contributed by atoms with Gasteiger partial charge in [-0.2, -0.15) is 5.10 Å². The second-order valence-corrected chi connectivity index (χ2v) is 6.97. The number of ether oxygens (including phenoxy) is 1. The third kappa shape index (κ3) is 5.06. The molecule has 1 heterocycles. The Morgan fingerprint density at radius 2 is 1.56 bits per heavy atom. The molecule has 13 heteroatoms. The molecule has 0 radical (unpaired) electrons. The van der Waals surface area contributed by atoms with Gasteiger partial charge in [0.05, 0.1) is 11.4 Å². The van der Waals surface area contributed by atoms with E-state index >= 15 is 0 Å². The normalized spacial score (nSPS) is 11.2. The Bertz CT molecular complexity index is 1280. The van der Waals surface area contributed by atoms with Crippen LogP contribution in [0, 0.1) is 41.8 Å². The fourth-order valence-corrected chi connectivity index (χ4v) is 3.02. The third-order valence-corrected chi connectivity index (χ3v) is 4.69. The zero-order chi connectivity index (χ0) is 25.2. The van der Waals surface area contributed by atoms with Crippen LogP contribution in [0.4, 0.5) is 32.0 Å². The number of hydrogen-bond acceptors (Lipinski definition) is 4. The van der Waals surface area contributed by atoms with Crippen molar-refractivity contribution in [2.45, 2.75) is 6.92 Å². The molecule has 178 valence electrons. The molecule has 0 aliphatic rings. The van der Waals surface area contributed by atoms with E-state index in [-0.39, 0.29) is 5.15 Å². The summed E-state index contributed by atoms with van der Waals surface area (Å²) in [5.74, 6) is -14.3. The van der Waals surface area contributed by atoms with Crippen LogP contribution in [0.25, 0.3) is 11.8 Å². The molecule has 6 nitrogen and oxygen atoms in total. The van der Waals surface area contributed by atoms with Gasteiger partial charge in [0.15, 0.2) is 29.9 Å². The Balaban J connectivity index is 1.65. The molecule has 3 rings (SSSR count). The Labute approximate surface area is 192 Å². The number of carbonyl (C=O) groups excluding carboxylic acids is 2. The lowest BCUT2D eigenvalue weighted by Gasteiger charge is -2.09. The van der Waals surface area contributed by atoms with Crippen molar-refractivity contribution in [2.75, 3.05) is 11.9 Å². The summed E-state index contributed by atoms with van der Waals surface area (Å²) in [4.78, 5) is 23.6. The maximum atomic E-state index is 13.6. The van der Waals surface area contributed by atoms with Gasteiger partial charge in [0.25, 0.3) is 5.91 Å². The minimum Gasteiger partial charge on any atom is -0.452 e. The molecule has 0 atom stereocenters. The van der Waals surface area contributed by atoms with Gasteiger partial charge in [0.1, 0.15) is 16.7 Å². The van der Waals surface area contributed by atoms with Crippen molar-refractivity contribution in [3.05, 3.63) is 81.7 Å². The van der Waals surface area contributed by atoms with E-state index in [1.807, 2.05) is 0 Å². The quantitative estimate of drug-likeness (QED) is 0.171. The second-order valence-electron chi connectivity index (χ2n) is 6.61. The van der Waals surface area contributed by atoms with E-state index in [2.05, 4.69) is 9.84 Å². The molecule has 1 N–H and O–H groups in total. The molecule has 0 spiro atoms. The summed E-state index contributed by atoms with van der Waals surface area (Å²) in [7, 11) is 0. The molecule has 34 heavy (non-hydrogen) atoms. The molecular formula is C21H12ClF6N3O3. The van der Waals surface area contributed by atoms with E-state index < -0.39 is 59.1 Å². The van der Waals surface area contributed by atoms with Gasteiger partial charge in [0.2, 0.25) is 5.82 Å². The fourth-order valence-electron chi connectivity index (χ4n) is 2.68. The zero-order valence-corrected chi connectivity index (χ0v) is 17.7. The van der Waals surface area contributed by atoms with Gasteiger partial charge in [-0.3, -0.25) is 4.79 Å². The van der Waals surface area contributed by atoms with Gasteiger partial charge in [-0.25, -0.2) is 35.8 Å². The number of nitrogens with one attached hydrogen (secondary N) is 1. The maximum absolute atomic E-state index is 13.6. The Kier molecular flexibility index (Phi) is 7.30. The smallest absolute Gasteiger partial charge is 0.331 e. The monoisotopic (exact) mass is 503 g/mol. The highest BCUT2D eigenvalue weighted by atomic mass is 35.5. The molecule has 0 saturated heterocycles. The Morgan fingerprint density at radius 3 is 2.15 bits per heavy atom. The van der Waals surface area contributed by atoms with Gasteiger partial charge < -0.3 is 10.1 Å². The molecule has 0 aliphatic heterocycles. The highest BCUT2D eigenvalue weighted by Gasteiger charge is 2.27. The number of hydrogen-bond donors (Lipinski definition) is 1. The summed E-state index contributed by atoms with van der Waals surface area (Å²) in [6.45, 7) is 0.485. The van der Waals surface area contributed by atoms with Crippen molar-refractivity contribution in [2.24, 2.45) is 0 Å². The molecule has 1 aromatic heterocycles. The number of nitrogens with zero attached hydrogens (tertiary/aromatic N) is 2. The lowest BCUT2D eigenvalue weighted by atomic mass is 10.2. The van der Waals surface area contributed by atoms with Crippen LogP contribution in [0.1, 0.15) is 11.3 Å². The van der Waals surface area contributed by atoms with E-state index in [1.54, 1.807) is 6.92 Å². The zero-order valence-electron chi connectivity index (χ0n) is 16.9. The molecule has 0 aliphatic carbocycles. The van der Waals surface area contributed by atoms with E-state index in [0.717, 1.165) is 6.08 Å². The Hall–Kier alpha value is -3.80. The number of halogens is 7. The number of rotatable bonds is 6.